The Balaban J connectivity index is 1.70. The Morgan fingerprint density at radius 1 is 1.06 bits per heavy atom. The number of benzene rings is 2. The molecule has 1 amide bonds. The van der Waals surface area contributed by atoms with E-state index >= 15 is 0 Å². The van der Waals surface area contributed by atoms with E-state index in [-0.39, 0.29) is 18.1 Å². The van der Waals surface area contributed by atoms with Crippen molar-refractivity contribution in [3.8, 4) is 11.5 Å². The zero-order chi connectivity index (χ0) is 24.1. The molecule has 0 saturated carbocycles. The number of rotatable bonds is 8. The third-order valence-corrected chi connectivity index (χ3v) is 6.10. The van der Waals surface area contributed by atoms with E-state index in [1.54, 1.807) is 61.9 Å². The van der Waals surface area contributed by atoms with Crippen LogP contribution in [-0.4, -0.2) is 35.0 Å². The molecule has 0 aliphatic carbocycles. The van der Waals surface area contributed by atoms with E-state index in [1.807, 2.05) is 12.1 Å². The number of carbonyl (C=O) groups is 1. The molecule has 34 heavy (non-hydrogen) atoms. The molecule has 0 saturated heterocycles. The Labute approximate surface area is 199 Å². The van der Waals surface area contributed by atoms with Crippen LogP contribution < -0.4 is 14.4 Å². The van der Waals surface area contributed by atoms with Gasteiger partial charge < -0.3 is 9.47 Å². The van der Waals surface area contributed by atoms with Gasteiger partial charge in [-0.3, -0.25) is 24.8 Å². The standard InChI is InChI=1S/C24H20N4O5S/c1-32-19-8-9-20(33-2)23-22(19)26-24(34-23)27(15-17-11-13-25-14-12-17)21(29)10-5-16-3-6-18(7-4-16)28(30)31/h3-14H,15H2,1-2H3. The molecule has 0 spiro atoms. The maximum absolute atomic E-state index is 13.3. The number of nitro groups is 1. The van der Waals surface area contributed by atoms with Gasteiger partial charge in [0.25, 0.3) is 11.6 Å². The van der Waals surface area contributed by atoms with Crippen molar-refractivity contribution in [2.24, 2.45) is 0 Å². The van der Waals surface area contributed by atoms with Gasteiger partial charge in [-0.25, -0.2) is 4.98 Å². The van der Waals surface area contributed by atoms with Gasteiger partial charge in [-0.05, 0) is 53.6 Å². The summed E-state index contributed by atoms with van der Waals surface area (Å²) in [6, 6.07) is 13.2. The number of fused-ring (bicyclic) bond motifs is 1. The van der Waals surface area contributed by atoms with Gasteiger partial charge in [0.05, 0.1) is 25.7 Å². The first-order valence-electron chi connectivity index (χ1n) is 10.1. The maximum atomic E-state index is 13.3. The quantitative estimate of drug-likeness (QED) is 0.203. The lowest BCUT2D eigenvalue weighted by molar-refractivity contribution is -0.384. The summed E-state index contributed by atoms with van der Waals surface area (Å²) in [4.78, 5) is 34.0. The molecule has 0 N–H and O–H groups in total. The average Bonchev–Trinajstić information content (AvgIpc) is 3.31. The second-order valence-corrected chi connectivity index (χ2v) is 8.08. The Morgan fingerprint density at radius 2 is 1.74 bits per heavy atom. The molecule has 2 heterocycles. The van der Waals surface area contributed by atoms with Crippen molar-refractivity contribution < 1.29 is 19.2 Å². The summed E-state index contributed by atoms with van der Waals surface area (Å²) >= 11 is 1.33. The molecule has 10 heteroatoms. The summed E-state index contributed by atoms with van der Waals surface area (Å²) in [5, 5.41) is 11.3. The van der Waals surface area contributed by atoms with Gasteiger partial charge in [-0.2, -0.15) is 0 Å². The van der Waals surface area contributed by atoms with Crippen LogP contribution in [0.1, 0.15) is 11.1 Å². The highest BCUT2D eigenvalue weighted by atomic mass is 32.1. The highest BCUT2D eigenvalue weighted by molar-refractivity contribution is 7.22. The summed E-state index contributed by atoms with van der Waals surface area (Å²) in [5.74, 6) is 0.917. The summed E-state index contributed by atoms with van der Waals surface area (Å²) in [7, 11) is 3.14. The van der Waals surface area contributed by atoms with Crippen LogP contribution in [0.5, 0.6) is 11.5 Å². The SMILES string of the molecule is COc1ccc(OC)c2sc(N(Cc3ccncc3)C(=O)C=Cc3ccc([N+](=O)[O-])cc3)nc12. The van der Waals surface area contributed by atoms with Gasteiger partial charge in [-0.15, -0.1) is 0 Å². The minimum Gasteiger partial charge on any atom is -0.495 e. The molecular formula is C24H20N4O5S. The number of non-ortho nitro benzene ring substituents is 1. The van der Waals surface area contributed by atoms with Gasteiger partial charge >= 0.3 is 0 Å². The molecule has 0 unspecified atom stereocenters. The lowest BCUT2D eigenvalue weighted by Crippen LogP contribution is -2.28. The highest BCUT2D eigenvalue weighted by Gasteiger charge is 2.21. The largest absolute Gasteiger partial charge is 0.495 e. The molecule has 0 fully saturated rings. The van der Waals surface area contributed by atoms with Crippen LogP contribution in [0.2, 0.25) is 0 Å². The molecule has 4 aromatic rings. The first kappa shape index (κ1) is 22.9. The zero-order valence-electron chi connectivity index (χ0n) is 18.4. The summed E-state index contributed by atoms with van der Waals surface area (Å²) < 4.78 is 11.7. The molecule has 0 radical (unpaired) electrons. The Hall–Kier alpha value is -4.31. The smallest absolute Gasteiger partial charge is 0.269 e. The van der Waals surface area contributed by atoms with E-state index in [2.05, 4.69) is 9.97 Å². The topological polar surface area (TPSA) is 108 Å². The number of ether oxygens (including phenoxy) is 2. The van der Waals surface area contributed by atoms with Crippen LogP contribution in [-0.2, 0) is 11.3 Å². The predicted octanol–water partition coefficient (Wildman–Crippen LogP) is 4.86. The lowest BCUT2D eigenvalue weighted by atomic mass is 10.2. The van der Waals surface area contributed by atoms with E-state index in [0.29, 0.717) is 27.7 Å². The van der Waals surface area contributed by atoms with E-state index in [4.69, 9.17) is 9.47 Å². The second-order valence-electron chi connectivity index (χ2n) is 7.11. The molecule has 2 aromatic carbocycles. The average molecular weight is 477 g/mol. The van der Waals surface area contributed by atoms with Crippen LogP contribution in [0.15, 0.2) is 67.0 Å². The number of pyridine rings is 1. The molecule has 0 bridgehead atoms. The van der Waals surface area contributed by atoms with Crippen LogP contribution in [0, 0.1) is 10.1 Å². The Morgan fingerprint density at radius 3 is 2.38 bits per heavy atom. The van der Waals surface area contributed by atoms with Crippen molar-refractivity contribution in [2.45, 2.75) is 6.54 Å². The fourth-order valence-electron chi connectivity index (χ4n) is 3.26. The normalized spacial score (nSPS) is 11.0. The Bertz CT molecular complexity index is 1310. The van der Waals surface area contributed by atoms with Crippen molar-refractivity contribution in [1.29, 1.82) is 0 Å². The van der Waals surface area contributed by atoms with Gasteiger partial charge in [-0.1, -0.05) is 11.3 Å². The van der Waals surface area contributed by atoms with E-state index in [1.165, 1.54) is 29.5 Å². The molecule has 0 aliphatic rings. The summed E-state index contributed by atoms with van der Waals surface area (Å²) in [5.41, 5.74) is 2.13. The molecule has 0 atom stereocenters. The van der Waals surface area contributed by atoms with Crippen LogP contribution >= 0.6 is 11.3 Å². The summed E-state index contributed by atoms with van der Waals surface area (Å²) in [6.45, 7) is 0.274. The predicted molar refractivity (Wildman–Crippen MR) is 130 cm³/mol. The maximum Gasteiger partial charge on any atom is 0.269 e. The number of amides is 1. The Kier molecular flexibility index (Phi) is 6.79. The molecule has 0 aliphatic heterocycles. The zero-order valence-corrected chi connectivity index (χ0v) is 19.2. The third-order valence-electron chi connectivity index (χ3n) is 5.01. The molecule has 2 aromatic heterocycles. The molecule has 4 rings (SSSR count). The second kappa shape index (κ2) is 10.1. The van der Waals surface area contributed by atoms with Gasteiger partial charge in [0.1, 0.15) is 21.7 Å². The molecule has 172 valence electrons. The van der Waals surface area contributed by atoms with Crippen molar-refractivity contribution in [3.63, 3.8) is 0 Å². The van der Waals surface area contributed by atoms with E-state index in [9.17, 15) is 14.9 Å². The lowest BCUT2D eigenvalue weighted by Gasteiger charge is -2.18. The number of nitrogens with zero attached hydrogens (tertiary/aromatic N) is 4. The minimum absolute atomic E-state index is 0.0137. The number of aromatic nitrogens is 2. The molecule has 9 nitrogen and oxygen atoms in total. The van der Waals surface area contributed by atoms with Crippen molar-refractivity contribution in [1.82, 2.24) is 9.97 Å². The van der Waals surface area contributed by atoms with Gasteiger partial charge in [0.2, 0.25) is 0 Å². The van der Waals surface area contributed by atoms with Gasteiger partial charge in [0.15, 0.2) is 5.13 Å². The monoisotopic (exact) mass is 476 g/mol. The minimum atomic E-state index is -0.467. The van der Waals surface area contributed by atoms with Crippen molar-refractivity contribution >= 4 is 44.4 Å². The first-order valence-corrected chi connectivity index (χ1v) is 11.0. The van der Waals surface area contributed by atoms with Crippen LogP contribution in [0.25, 0.3) is 16.3 Å². The van der Waals surface area contributed by atoms with Crippen molar-refractivity contribution in [3.05, 3.63) is 88.2 Å². The number of thiazole rings is 1. The molecular weight excluding hydrogens is 456 g/mol. The van der Waals surface area contributed by atoms with Crippen LogP contribution in [0.4, 0.5) is 10.8 Å². The van der Waals surface area contributed by atoms with Crippen LogP contribution in [0.3, 0.4) is 0 Å². The van der Waals surface area contributed by atoms with E-state index < -0.39 is 4.92 Å². The number of anilines is 1. The number of hydrogen-bond acceptors (Lipinski definition) is 8. The fourth-order valence-corrected chi connectivity index (χ4v) is 4.34. The number of nitro benzene ring substituents is 1. The first-order chi connectivity index (χ1) is 16.5. The highest BCUT2D eigenvalue weighted by Crippen LogP contribution is 2.40. The number of hydrogen-bond donors (Lipinski definition) is 0. The van der Waals surface area contributed by atoms with Crippen molar-refractivity contribution in [2.75, 3.05) is 19.1 Å². The number of methoxy groups -OCH3 is 2. The number of carbonyl (C=O) groups excluding carboxylic acids is 1. The summed E-state index contributed by atoms with van der Waals surface area (Å²) in [6.07, 6.45) is 6.35. The van der Waals surface area contributed by atoms with E-state index in [0.717, 1.165) is 10.3 Å². The third kappa shape index (κ3) is 4.86. The fraction of sp³-hybridized carbons (Fsp3) is 0.125. The van der Waals surface area contributed by atoms with Gasteiger partial charge in [0, 0.05) is 30.6 Å².